The lowest BCUT2D eigenvalue weighted by Crippen LogP contribution is -2.45. The quantitative estimate of drug-likeness (QED) is 0.312. The van der Waals surface area contributed by atoms with Gasteiger partial charge in [0.25, 0.3) is 5.91 Å². The number of benzene rings is 2. The van der Waals surface area contributed by atoms with E-state index in [1.165, 1.54) is 11.3 Å². The third-order valence-corrected chi connectivity index (χ3v) is 8.67. The van der Waals surface area contributed by atoms with Gasteiger partial charge in [-0.15, -0.1) is 11.3 Å². The summed E-state index contributed by atoms with van der Waals surface area (Å²) < 4.78 is 5.82. The average molecular weight is 559 g/mol. The molecule has 6 nitrogen and oxygen atoms in total. The van der Waals surface area contributed by atoms with Crippen molar-refractivity contribution in [2.24, 2.45) is 5.92 Å². The predicted octanol–water partition coefficient (Wildman–Crippen LogP) is 7.16. The van der Waals surface area contributed by atoms with Crippen molar-refractivity contribution >= 4 is 34.1 Å². The van der Waals surface area contributed by atoms with Crippen molar-refractivity contribution in [1.82, 2.24) is 5.32 Å². The summed E-state index contributed by atoms with van der Waals surface area (Å²) in [5.74, 6) is -0.492. The number of nitrogens with zero attached hydrogens (tertiary/aromatic N) is 1. The first-order valence-corrected chi connectivity index (χ1v) is 15.0. The number of aryl methyl sites for hydroxylation is 1. The van der Waals surface area contributed by atoms with Crippen molar-refractivity contribution in [2.45, 2.75) is 83.9 Å². The van der Waals surface area contributed by atoms with Crippen LogP contribution in [0.15, 0.2) is 60.7 Å². The Bertz CT molecular complexity index is 1360. The lowest BCUT2D eigenvalue weighted by atomic mass is 9.84. The number of carbonyl (C=O) groups is 3. The van der Waals surface area contributed by atoms with Crippen LogP contribution in [-0.2, 0) is 9.53 Å². The molecule has 0 atom stereocenters. The van der Waals surface area contributed by atoms with Gasteiger partial charge in [-0.25, -0.2) is 4.79 Å². The standard InChI is InChI=1S/C33H38N2O4S/c1-21-10-12-24(13-11-21)30(37)35(26-18-14-23(15-19-26)29(36)34-25-16-17-25)31-27(32(38)39-33(2,3)4)20-28(40-31)22-8-6-5-7-9-22/h5-13,20,23,25-26H,14-19H2,1-4H3,(H,34,36). The molecule has 40 heavy (non-hydrogen) atoms. The summed E-state index contributed by atoms with van der Waals surface area (Å²) in [7, 11) is 0. The zero-order valence-corrected chi connectivity index (χ0v) is 24.6. The molecule has 0 aliphatic heterocycles. The number of rotatable bonds is 7. The minimum Gasteiger partial charge on any atom is -0.456 e. The predicted molar refractivity (Wildman–Crippen MR) is 160 cm³/mol. The number of ether oxygens (including phenoxy) is 1. The molecule has 5 rings (SSSR count). The SMILES string of the molecule is Cc1ccc(C(=O)N(c2sc(-c3ccccc3)cc2C(=O)OC(C)(C)C)C2CCC(C(=O)NC3CC3)CC2)cc1. The Morgan fingerprint density at radius 3 is 2.15 bits per heavy atom. The number of hydrogen-bond acceptors (Lipinski definition) is 5. The van der Waals surface area contributed by atoms with Gasteiger partial charge >= 0.3 is 5.97 Å². The molecule has 1 heterocycles. The first-order valence-electron chi connectivity index (χ1n) is 14.2. The van der Waals surface area contributed by atoms with E-state index in [2.05, 4.69) is 5.32 Å². The van der Waals surface area contributed by atoms with Gasteiger partial charge in [0.1, 0.15) is 10.6 Å². The third kappa shape index (κ3) is 6.64. The second kappa shape index (κ2) is 11.6. The number of amides is 2. The fraction of sp³-hybridized carbons (Fsp3) is 0.424. The molecule has 2 aliphatic carbocycles. The molecule has 2 aromatic carbocycles. The van der Waals surface area contributed by atoms with E-state index in [9.17, 15) is 14.4 Å². The number of anilines is 1. The summed E-state index contributed by atoms with van der Waals surface area (Å²) in [5.41, 5.74) is 2.34. The number of nitrogens with one attached hydrogen (secondary N) is 1. The molecular weight excluding hydrogens is 520 g/mol. The Hall–Kier alpha value is -3.45. The van der Waals surface area contributed by atoms with Crippen molar-refractivity contribution in [2.75, 3.05) is 4.90 Å². The van der Waals surface area contributed by atoms with Gasteiger partial charge in [-0.2, -0.15) is 0 Å². The van der Waals surface area contributed by atoms with E-state index in [-0.39, 0.29) is 23.8 Å². The fourth-order valence-corrected chi connectivity index (χ4v) is 6.41. The summed E-state index contributed by atoms with van der Waals surface area (Å²) >= 11 is 1.44. The minimum absolute atomic E-state index is 0.0401. The number of esters is 1. The summed E-state index contributed by atoms with van der Waals surface area (Å²) in [6.07, 6.45) is 4.92. The van der Waals surface area contributed by atoms with Crippen molar-refractivity contribution in [3.8, 4) is 10.4 Å². The Morgan fingerprint density at radius 2 is 1.55 bits per heavy atom. The molecular formula is C33H38N2O4S. The monoisotopic (exact) mass is 558 g/mol. The number of thiophene rings is 1. The van der Waals surface area contributed by atoms with Gasteiger partial charge in [0, 0.05) is 28.4 Å². The summed E-state index contributed by atoms with van der Waals surface area (Å²) in [6.45, 7) is 7.53. The van der Waals surface area contributed by atoms with Crippen LogP contribution in [0.4, 0.5) is 5.00 Å². The zero-order valence-electron chi connectivity index (χ0n) is 23.7. The Morgan fingerprint density at radius 1 is 0.900 bits per heavy atom. The normalized spacial score (nSPS) is 19.1. The molecule has 2 aliphatic rings. The zero-order chi connectivity index (χ0) is 28.4. The topological polar surface area (TPSA) is 75.7 Å². The smallest absolute Gasteiger partial charge is 0.341 e. The highest BCUT2D eigenvalue weighted by Crippen LogP contribution is 2.42. The highest BCUT2D eigenvalue weighted by Gasteiger charge is 2.37. The maximum atomic E-state index is 14.2. The van der Waals surface area contributed by atoms with E-state index >= 15 is 0 Å². The van der Waals surface area contributed by atoms with Gasteiger partial charge in [0.15, 0.2) is 0 Å². The van der Waals surface area contributed by atoms with E-state index < -0.39 is 11.6 Å². The van der Waals surface area contributed by atoms with Gasteiger partial charge in [0.2, 0.25) is 5.91 Å². The van der Waals surface area contributed by atoms with Crippen molar-refractivity contribution in [3.63, 3.8) is 0 Å². The van der Waals surface area contributed by atoms with E-state index in [4.69, 9.17) is 4.74 Å². The number of hydrogen-bond donors (Lipinski definition) is 1. The molecule has 7 heteroatoms. The van der Waals surface area contributed by atoms with Crippen LogP contribution >= 0.6 is 11.3 Å². The van der Waals surface area contributed by atoms with Crippen LogP contribution in [0.25, 0.3) is 10.4 Å². The van der Waals surface area contributed by atoms with E-state index in [1.54, 1.807) is 0 Å². The van der Waals surface area contributed by atoms with E-state index in [0.717, 1.165) is 28.8 Å². The second-order valence-corrected chi connectivity index (χ2v) is 13.1. The molecule has 1 aromatic heterocycles. The third-order valence-electron chi connectivity index (χ3n) is 7.48. The Labute approximate surface area is 240 Å². The average Bonchev–Trinajstić information content (AvgIpc) is 3.63. The molecule has 2 amide bonds. The highest BCUT2D eigenvalue weighted by atomic mass is 32.1. The molecule has 0 saturated heterocycles. The lowest BCUT2D eigenvalue weighted by Gasteiger charge is -2.36. The lowest BCUT2D eigenvalue weighted by molar-refractivity contribution is -0.126. The maximum absolute atomic E-state index is 14.2. The first-order chi connectivity index (χ1) is 19.1. The molecule has 2 fully saturated rings. The molecule has 0 spiro atoms. The minimum atomic E-state index is -0.679. The molecule has 0 bridgehead atoms. The highest BCUT2D eigenvalue weighted by molar-refractivity contribution is 7.20. The van der Waals surface area contributed by atoms with Gasteiger partial charge in [0.05, 0.1) is 5.56 Å². The Kier molecular flexibility index (Phi) is 8.13. The molecule has 1 N–H and O–H groups in total. The van der Waals surface area contributed by atoms with Crippen molar-refractivity contribution in [3.05, 3.63) is 77.4 Å². The van der Waals surface area contributed by atoms with Crippen LogP contribution in [0, 0.1) is 12.8 Å². The largest absolute Gasteiger partial charge is 0.456 e. The molecule has 210 valence electrons. The van der Waals surface area contributed by atoms with Gasteiger partial charge in [-0.1, -0.05) is 48.0 Å². The van der Waals surface area contributed by atoms with E-state index in [1.807, 2.05) is 93.3 Å². The van der Waals surface area contributed by atoms with Gasteiger partial charge in [-0.3, -0.25) is 14.5 Å². The second-order valence-electron chi connectivity index (χ2n) is 12.0. The summed E-state index contributed by atoms with van der Waals surface area (Å²) in [6, 6.07) is 19.5. The van der Waals surface area contributed by atoms with Crippen LogP contribution in [-0.4, -0.2) is 35.5 Å². The van der Waals surface area contributed by atoms with Crippen LogP contribution in [0.3, 0.4) is 0 Å². The number of carbonyl (C=O) groups excluding carboxylic acids is 3. The fourth-order valence-electron chi connectivity index (χ4n) is 5.19. The molecule has 2 saturated carbocycles. The molecule has 0 unspecified atom stereocenters. The van der Waals surface area contributed by atoms with Crippen LogP contribution in [0.5, 0.6) is 0 Å². The van der Waals surface area contributed by atoms with Gasteiger partial charge in [-0.05, 0) is 90.0 Å². The van der Waals surface area contributed by atoms with E-state index in [0.29, 0.717) is 47.9 Å². The van der Waals surface area contributed by atoms with Gasteiger partial charge < -0.3 is 10.1 Å². The first kappa shape index (κ1) is 28.1. The van der Waals surface area contributed by atoms with Crippen LogP contribution in [0.1, 0.15) is 85.6 Å². The van der Waals surface area contributed by atoms with Crippen molar-refractivity contribution < 1.29 is 19.1 Å². The summed E-state index contributed by atoms with van der Waals surface area (Å²) in [5, 5.41) is 3.74. The summed E-state index contributed by atoms with van der Waals surface area (Å²) in [4.78, 5) is 43.3. The Balaban J connectivity index is 1.53. The van der Waals surface area contributed by atoms with Crippen molar-refractivity contribution in [1.29, 1.82) is 0 Å². The van der Waals surface area contributed by atoms with Crippen LogP contribution < -0.4 is 10.2 Å². The molecule has 0 radical (unpaired) electrons. The van der Waals surface area contributed by atoms with Crippen LogP contribution in [0.2, 0.25) is 0 Å². The maximum Gasteiger partial charge on any atom is 0.341 e. The molecule has 3 aromatic rings.